The van der Waals surface area contributed by atoms with Crippen LogP contribution >= 0.6 is 0 Å². The van der Waals surface area contributed by atoms with Crippen LogP contribution in [0.2, 0.25) is 0 Å². The van der Waals surface area contributed by atoms with Gasteiger partial charge in [-0.2, -0.15) is 0 Å². The zero-order valence-electron chi connectivity index (χ0n) is 6.95. The van der Waals surface area contributed by atoms with E-state index in [-0.39, 0.29) is 11.9 Å². The summed E-state index contributed by atoms with van der Waals surface area (Å²) in [5.41, 5.74) is 0. The lowest BCUT2D eigenvalue weighted by Crippen LogP contribution is -2.28. The lowest BCUT2D eigenvalue weighted by Gasteiger charge is -2.04. The van der Waals surface area contributed by atoms with Crippen LogP contribution in [0.5, 0.6) is 5.88 Å². The van der Waals surface area contributed by atoms with E-state index in [1.165, 1.54) is 12.3 Å². The van der Waals surface area contributed by atoms with Gasteiger partial charge in [0.1, 0.15) is 0 Å². The molecule has 4 nitrogen and oxygen atoms in total. The fourth-order valence-electron chi connectivity index (χ4n) is 0.861. The molecule has 0 aliphatic rings. The Morgan fingerprint density at radius 3 is 3.00 bits per heavy atom. The molecule has 0 radical (unpaired) electrons. The molecule has 1 heterocycles. The molecule has 1 amide bonds. The van der Waals surface area contributed by atoms with Gasteiger partial charge in [-0.05, 0) is 12.5 Å². The van der Waals surface area contributed by atoms with Gasteiger partial charge in [-0.3, -0.25) is 0 Å². The molecule has 0 saturated carbocycles. The van der Waals surface area contributed by atoms with Gasteiger partial charge >= 0.3 is 6.03 Å². The SMILES string of the molecule is CCCNC(=O)n1cccc1O. The van der Waals surface area contributed by atoms with Crippen LogP contribution in [0, 0.1) is 0 Å². The van der Waals surface area contributed by atoms with Gasteiger partial charge in [0.15, 0.2) is 5.88 Å². The minimum Gasteiger partial charge on any atom is -0.494 e. The maximum absolute atomic E-state index is 11.2. The molecule has 4 heteroatoms. The van der Waals surface area contributed by atoms with Crippen LogP contribution in [0.4, 0.5) is 4.79 Å². The summed E-state index contributed by atoms with van der Waals surface area (Å²) in [5.74, 6) is -0.0383. The first-order chi connectivity index (χ1) is 5.75. The van der Waals surface area contributed by atoms with E-state index >= 15 is 0 Å². The predicted molar refractivity (Wildman–Crippen MR) is 45.2 cm³/mol. The van der Waals surface area contributed by atoms with E-state index in [2.05, 4.69) is 5.32 Å². The van der Waals surface area contributed by atoms with Crippen molar-refractivity contribution >= 4 is 6.03 Å². The summed E-state index contributed by atoms with van der Waals surface area (Å²) >= 11 is 0. The molecular weight excluding hydrogens is 156 g/mol. The van der Waals surface area contributed by atoms with Crippen LogP contribution in [-0.4, -0.2) is 22.2 Å². The van der Waals surface area contributed by atoms with Gasteiger partial charge in [0.2, 0.25) is 0 Å². The van der Waals surface area contributed by atoms with Gasteiger partial charge in [0, 0.05) is 18.8 Å². The first-order valence-electron chi connectivity index (χ1n) is 3.90. The van der Waals surface area contributed by atoms with Gasteiger partial charge in [0.05, 0.1) is 0 Å². The molecule has 0 fully saturated rings. The third-order valence-corrected chi connectivity index (χ3v) is 1.47. The van der Waals surface area contributed by atoms with Crippen molar-refractivity contribution in [3.8, 4) is 5.88 Å². The van der Waals surface area contributed by atoms with E-state index in [1.807, 2.05) is 6.92 Å². The Hall–Kier alpha value is -1.45. The highest BCUT2D eigenvalue weighted by molar-refractivity contribution is 5.78. The lowest BCUT2D eigenvalue weighted by molar-refractivity contribution is 0.239. The van der Waals surface area contributed by atoms with Crippen molar-refractivity contribution in [3.63, 3.8) is 0 Å². The standard InChI is InChI=1S/C8H12N2O2/c1-2-5-9-8(12)10-6-3-4-7(10)11/h3-4,6,11H,2,5H2,1H3,(H,9,12). The molecule has 0 aliphatic heterocycles. The number of nitrogens with one attached hydrogen (secondary N) is 1. The summed E-state index contributed by atoms with van der Waals surface area (Å²) in [6.07, 6.45) is 2.40. The molecule has 1 aromatic heterocycles. The van der Waals surface area contributed by atoms with E-state index < -0.39 is 0 Å². The fraction of sp³-hybridized carbons (Fsp3) is 0.375. The summed E-state index contributed by atoms with van der Waals surface area (Å²) in [5, 5.41) is 11.8. The fourth-order valence-corrected chi connectivity index (χ4v) is 0.861. The molecule has 66 valence electrons. The van der Waals surface area contributed by atoms with Gasteiger partial charge in [0.25, 0.3) is 0 Å². The monoisotopic (exact) mass is 168 g/mol. The Morgan fingerprint density at radius 1 is 1.75 bits per heavy atom. The molecule has 1 aromatic rings. The summed E-state index contributed by atoms with van der Waals surface area (Å²) in [6, 6.07) is 2.78. The molecule has 0 aromatic carbocycles. The highest BCUT2D eigenvalue weighted by Gasteiger charge is 2.05. The largest absolute Gasteiger partial charge is 0.494 e. The zero-order chi connectivity index (χ0) is 8.97. The second-order valence-corrected chi connectivity index (χ2v) is 2.47. The summed E-state index contributed by atoms with van der Waals surface area (Å²) in [4.78, 5) is 11.2. The van der Waals surface area contributed by atoms with E-state index in [9.17, 15) is 4.79 Å². The van der Waals surface area contributed by atoms with E-state index in [0.717, 1.165) is 11.0 Å². The third-order valence-electron chi connectivity index (χ3n) is 1.47. The molecule has 2 N–H and O–H groups in total. The van der Waals surface area contributed by atoms with Crippen LogP contribution in [-0.2, 0) is 0 Å². The Bertz CT molecular complexity index is 268. The Kier molecular flexibility index (Phi) is 2.74. The number of nitrogens with zero attached hydrogens (tertiary/aromatic N) is 1. The van der Waals surface area contributed by atoms with E-state index in [0.29, 0.717) is 6.54 Å². The number of aromatic nitrogens is 1. The van der Waals surface area contributed by atoms with Crippen molar-refractivity contribution in [2.75, 3.05) is 6.54 Å². The van der Waals surface area contributed by atoms with Crippen LogP contribution in [0.25, 0.3) is 0 Å². The summed E-state index contributed by atoms with van der Waals surface area (Å²) in [7, 11) is 0. The number of amides is 1. The smallest absolute Gasteiger partial charge is 0.328 e. The molecular formula is C8H12N2O2. The number of hydrogen-bond donors (Lipinski definition) is 2. The average molecular weight is 168 g/mol. The number of carbonyl (C=O) groups is 1. The Morgan fingerprint density at radius 2 is 2.50 bits per heavy atom. The molecule has 1 rings (SSSR count). The lowest BCUT2D eigenvalue weighted by atomic mass is 10.5. The first kappa shape index (κ1) is 8.64. The molecule has 0 spiro atoms. The van der Waals surface area contributed by atoms with Crippen molar-refractivity contribution in [2.24, 2.45) is 0 Å². The van der Waals surface area contributed by atoms with E-state index in [4.69, 9.17) is 5.11 Å². The number of rotatable bonds is 2. The predicted octanol–water partition coefficient (Wildman–Crippen LogP) is 1.16. The summed E-state index contributed by atoms with van der Waals surface area (Å²) in [6.45, 7) is 2.59. The highest BCUT2D eigenvalue weighted by Crippen LogP contribution is 2.07. The Labute approximate surface area is 70.8 Å². The van der Waals surface area contributed by atoms with Crippen molar-refractivity contribution in [3.05, 3.63) is 18.3 Å². The van der Waals surface area contributed by atoms with Gasteiger partial charge in [-0.1, -0.05) is 6.92 Å². The van der Waals surface area contributed by atoms with Gasteiger partial charge in [-0.25, -0.2) is 9.36 Å². The maximum Gasteiger partial charge on any atom is 0.328 e. The van der Waals surface area contributed by atoms with Crippen molar-refractivity contribution < 1.29 is 9.90 Å². The normalized spacial score (nSPS) is 9.75. The zero-order valence-corrected chi connectivity index (χ0v) is 6.95. The number of aromatic hydroxyl groups is 1. The summed E-state index contributed by atoms with van der Waals surface area (Å²) < 4.78 is 1.16. The molecule has 0 aliphatic carbocycles. The Balaban J connectivity index is 2.59. The second kappa shape index (κ2) is 3.80. The highest BCUT2D eigenvalue weighted by atomic mass is 16.3. The van der Waals surface area contributed by atoms with Crippen LogP contribution in [0.15, 0.2) is 18.3 Å². The first-order valence-corrected chi connectivity index (χ1v) is 3.90. The van der Waals surface area contributed by atoms with Crippen molar-refractivity contribution in [1.82, 2.24) is 9.88 Å². The van der Waals surface area contributed by atoms with Crippen LogP contribution in [0.1, 0.15) is 13.3 Å². The molecule has 0 unspecified atom stereocenters. The third kappa shape index (κ3) is 1.78. The maximum atomic E-state index is 11.2. The molecule has 0 bridgehead atoms. The number of hydrogen-bond acceptors (Lipinski definition) is 2. The average Bonchev–Trinajstić information content (AvgIpc) is 2.47. The van der Waals surface area contributed by atoms with Crippen molar-refractivity contribution in [2.45, 2.75) is 13.3 Å². The topological polar surface area (TPSA) is 54.3 Å². The molecule has 12 heavy (non-hydrogen) atoms. The second-order valence-electron chi connectivity index (χ2n) is 2.47. The van der Waals surface area contributed by atoms with Gasteiger partial charge in [-0.15, -0.1) is 0 Å². The quantitative estimate of drug-likeness (QED) is 0.696. The van der Waals surface area contributed by atoms with E-state index in [1.54, 1.807) is 6.07 Å². The van der Waals surface area contributed by atoms with Gasteiger partial charge < -0.3 is 10.4 Å². The number of carbonyl (C=O) groups excluding carboxylic acids is 1. The molecule has 0 atom stereocenters. The minimum atomic E-state index is -0.292. The van der Waals surface area contributed by atoms with Crippen molar-refractivity contribution in [1.29, 1.82) is 0 Å². The molecule has 0 saturated heterocycles. The van der Waals surface area contributed by atoms with Crippen LogP contribution in [0.3, 0.4) is 0 Å². The van der Waals surface area contributed by atoms with Crippen LogP contribution < -0.4 is 5.32 Å². The minimum absolute atomic E-state index is 0.0383.